The van der Waals surface area contributed by atoms with Crippen molar-refractivity contribution in [1.29, 1.82) is 10.5 Å². The fourth-order valence-electron chi connectivity index (χ4n) is 1.64. The van der Waals surface area contributed by atoms with Gasteiger partial charge in [-0.1, -0.05) is 30.3 Å². The number of hydrogen-bond donors (Lipinski definition) is 1. The first-order valence-electron chi connectivity index (χ1n) is 5.65. The van der Waals surface area contributed by atoms with Gasteiger partial charge in [0.1, 0.15) is 24.5 Å². The van der Waals surface area contributed by atoms with Crippen LogP contribution in [0.15, 0.2) is 42.5 Å². The largest absolute Gasteiger partial charge is 0.489 e. The minimum absolute atomic E-state index is 0.192. The van der Waals surface area contributed by atoms with Gasteiger partial charge < -0.3 is 10.5 Å². The lowest BCUT2D eigenvalue weighted by atomic mass is 10.1. The Labute approximate surface area is 111 Å². The van der Waals surface area contributed by atoms with Crippen LogP contribution >= 0.6 is 0 Å². The molecule has 0 aromatic heterocycles. The quantitative estimate of drug-likeness (QED) is 0.847. The Morgan fingerprint density at radius 2 is 1.58 bits per heavy atom. The van der Waals surface area contributed by atoms with Crippen LogP contribution < -0.4 is 10.5 Å². The zero-order valence-electron chi connectivity index (χ0n) is 10.1. The maximum atomic E-state index is 8.95. The molecule has 19 heavy (non-hydrogen) atoms. The Morgan fingerprint density at radius 3 is 2.11 bits per heavy atom. The highest BCUT2D eigenvalue weighted by atomic mass is 16.5. The molecular formula is C15H11N3O. The molecule has 0 fully saturated rings. The molecule has 0 unspecified atom stereocenters. The number of benzene rings is 2. The van der Waals surface area contributed by atoms with Crippen molar-refractivity contribution in [1.82, 2.24) is 0 Å². The Kier molecular flexibility index (Phi) is 3.66. The fraction of sp³-hybridized carbons (Fsp3) is 0.0667. The molecule has 0 atom stereocenters. The van der Waals surface area contributed by atoms with Gasteiger partial charge in [-0.15, -0.1) is 0 Å². The van der Waals surface area contributed by atoms with Crippen molar-refractivity contribution in [2.45, 2.75) is 6.61 Å². The molecule has 2 rings (SSSR count). The Morgan fingerprint density at radius 1 is 1.00 bits per heavy atom. The van der Waals surface area contributed by atoms with Crippen molar-refractivity contribution in [3.05, 3.63) is 59.2 Å². The third-order valence-electron chi connectivity index (χ3n) is 2.64. The van der Waals surface area contributed by atoms with Crippen LogP contribution in [-0.4, -0.2) is 0 Å². The van der Waals surface area contributed by atoms with E-state index < -0.39 is 0 Å². The normalized spacial score (nSPS) is 9.37. The van der Waals surface area contributed by atoms with E-state index in [4.69, 9.17) is 21.0 Å². The van der Waals surface area contributed by atoms with E-state index >= 15 is 0 Å². The highest BCUT2D eigenvalue weighted by Crippen LogP contribution is 2.24. The molecule has 2 aromatic rings. The Hall–Kier alpha value is -2.98. The first kappa shape index (κ1) is 12.5. The van der Waals surface area contributed by atoms with Gasteiger partial charge in [0.2, 0.25) is 0 Å². The summed E-state index contributed by atoms with van der Waals surface area (Å²) in [4.78, 5) is 0. The van der Waals surface area contributed by atoms with Crippen LogP contribution in [0.1, 0.15) is 16.7 Å². The molecule has 2 N–H and O–H groups in total. The summed E-state index contributed by atoms with van der Waals surface area (Å²) in [6, 6.07) is 16.6. The van der Waals surface area contributed by atoms with Crippen LogP contribution in [0.3, 0.4) is 0 Å². The van der Waals surface area contributed by atoms with Crippen molar-refractivity contribution in [3.8, 4) is 17.9 Å². The van der Waals surface area contributed by atoms with E-state index in [2.05, 4.69) is 0 Å². The summed E-state index contributed by atoms with van der Waals surface area (Å²) < 4.78 is 5.57. The molecule has 0 saturated heterocycles. The second-order valence-electron chi connectivity index (χ2n) is 3.93. The van der Waals surface area contributed by atoms with Crippen LogP contribution in [0.25, 0.3) is 0 Å². The van der Waals surface area contributed by atoms with Crippen LogP contribution in [0.2, 0.25) is 0 Å². The highest BCUT2D eigenvalue weighted by Gasteiger charge is 2.08. The molecule has 0 bridgehead atoms. The zero-order chi connectivity index (χ0) is 13.7. The SMILES string of the molecule is N#Cc1cc(OCc2ccccc2)cc(C#N)c1N. The number of nitrogen functional groups attached to an aromatic ring is 1. The predicted octanol–water partition coefficient (Wildman–Crippen LogP) is 2.59. The smallest absolute Gasteiger partial charge is 0.122 e. The summed E-state index contributed by atoms with van der Waals surface area (Å²) >= 11 is 0. The molecule has 0 aliphatic rings. The molecule has 0 aliphatic heterocycles. The van der Waals surface area contributed by atoms with Gasteiger partial charge in [0.05, 0.1) is 16.8 Å². The van der Waals surface area contributed by atoms with Gasteiger partial charge in [-0.05, 0) is 5.56 Å². The standard InChI is InChI=1S/C15H11N3O/c16-8-12-6-14(7-13(9-17)15(12)18)19-10-11-4-2-1-3-5-11/h1-7H,10,18H2. The lowest BCUT2D eigenvalue weighted by Gasteiger charge is -2.08. The topological polar surface area (TPSA) is 82.8 Å². The lowest BCUT2D eigenvalue weighted by molar-refractivity contribution is 0.306. The molecule has 0 radical (unpaired) electrons. The van der Waals surface area contributed by atoms with Gasteiger partial charge in [-0.25, -0.2) is 0 Å². The average molecular weight is 249 g/mol. The van der Waals surface area contributed by atoms with Crippen molar-refractivity contribution in [3.63, 3.8) is 0 Å². The molecule has 0 aliphatic carbocycles. The number of rotatable bonds is 3. The Bertz CT molecular complexity index is 631. The number of anilines is 1. The van der Waals surface area contributed by atoms with Crippen LogP contribution in [0.5, 0.6) is 5.75 Å². The van der Waals surface area contributed by atoms with E-state index in [1.165, 1.54) is 0 Å². The van der Waals surface area contributed by atoms with Gasteiger partial charge in [0.15, 0.2) is 0 Å². The van der Waals surface area contributed by atoms with E-state index in [1.54, 1.807) is 12.1 Å². The molecule has 0 heterocycles. The zero-order valence-corrected chi connectivity index (χ0v) is 10.1. The van der Waals surface area contributed by atoms with E-state index in [1.807, 2.05) is 42.5 Å². The molecule has 0 amide bonds. The van der Waals surface area contributed by atoms with E-state index in [0.29, 0.717) is 12.4 Å². The van der Waals surface area contributed by atoms with E-state index in [-0.39, 0.29) is 16.8 Å². The minimum Gasteiger partial charge on any atom is -0.489 e. The lowest BCUT2D eigenvalue weighted by Crippen LogP contribution is -1.99. The predicted molar refractivity (Wildman–Crippen MR) is 71.1 cm³/mol. The first-order chi connectivity index (χ1) is 9.24. The third-order valence-corrected chi connectivity index (χ3v) is 2.64. The maximum Gasteiger partial charge on any atom is 0.122 e. The van der Waals surface area contributed by atoms with E-state index in [0.717, 1.165) is 5.56 Å². The van der Waals surface area contributed by atoms with Crippen molar-refractivity contribution < 1.29 is 4.74 Å². The molecule has 4 heteroatoms. The molecule has 4 nitrogen and oxygen atoms in total. The number of nitrogens with two attached hydrogens (primary N) is 1. The number of ether oxygens (including phenoxy) is 1. The van der Waals surface area contributed by atoms with Crippen molar-refractivity contribution in [2.75, 3.05) is 5.73 Å². The summed E-state index contributed by atoms with van der Waals surface area (Å²) in [6.45, 7) is 0.375. The Balaban J connectivity index is 2.22. The van der Waals surface area contributed by atoms with Gasteiger partial charge in [0, 0.05) is 12.1 Å². The number of nitriles is 2. The van der Waals surface area contributed by atoms with Gasteiger partial charge >= 0.3 is 0 Å². The van der Waals surface area contributed by atoms with Crippen molar-refractivity contribution in [2.24, 2.45) is 0 Å². The summed E-state index contributed by atoms with van der Waals surface area (Å²) in [5.41, 5.74) is 7.39. The maximum absolute atomic E-state index is 8.95. The molecule has 0 spiro atoms. The highest BCUT2D eigenvalue weighted by molar-refractivity contribution is 5.66. The number of hydrogen-bond acceptors (Lipinski definition) is 4. The molecular weight excluding hydrogens is 238 g/mol. The third kappa shape index (κ3) is 2.83. The van der Waals surface area contributed by atoms with Crippen LogP contribution in [0, 0.1) is 22.7 Å². The number of nitrogens with zero attached hydrogens (tertiary/aromatic N) is 2. The average Bonchev–Trinajstić information content (AvgIpc) is 2.47. The van der Waals surface area contributed by atoms with Crippen LogP contribution in [0.4, 0.5) is 5.69 Å². The van der Waals surface area contributed by atoms with E-state index in [9.17, 15) is 0 Å². The van der Waals surface area contributed by atoms with Gasteiger partial charge in [0.25, 0.3) is 0 Å². The first-order valence-corrected chi connectivity index (χ1v) is 5.65. The monoisotopic (exact) mass is 249 g/mol. The summed E-state index contributed by atoms with van der Waals surface area (Å²) in [5, 5.41) is 17.9. The molecule has 2 aromatic carbocycles. The fourth-order valence-corrected chi connectivity index (χ4v) is 1.64. The molecule has 92 valence electrons. The summed E-state index contributed by atoms with van der Waals surface area (Å²) in [5.74, 6) is 0.464. The van der Waals surface area contributed by atoms with Crippen molar-refractivity contribution >= 4 is 5.69 Å². The molecule has 0 saturated carbocycles. The van der Waals surface area contributed by atoms with Gasteiger partial charge in [-0.2, -0.15) is 10.5 Å². The second-order valence-corrected chi connectivity index (χ2v) is 3.93. The summed E-state index contributed by atoms with van der Waals surface area (Å²) in [6.07, 6.45) is 0. The van der Waals surface area contributed by atoms with Gasteiger partial charge in [-0.3, -0.25) is 0 Å². The minimum atomic E-state index is 0.192. The van der Waals surface area contributed by atoms with Crippen LogP contribution in [-0.2, 0) is 6.61 Å². The summed E-state index contributed by atoms with van der Waals surface area (Å²) in [7, 11) is 0. The second kappa shape index (κ2) is 5.57.